The molecule has 2 rings (SSSR count). The number of nitrogens with one attached hydrogen (secondary N) is 1. The average molecular weight is 275 g/mol. The van der Waals surface area contributed by atoms with E-state index in [0.29, 0.717) is 18.8 Å². The summed E-state index contributed by atoms with van der Waals surface area (Å²) in [6.07, 6.45) is 0.194. The summed E-state index contributed by atoms with van der Waals surface area (Å²) in [7, 11) is 0. The third-order valence-corrected chi connectivity index (χ3v) is 3.26. The van der Waals surface area contributed by atoms with Gasteiger partial charge in [0.05, 0.1) is 5.92 Å². The normalized spacial score (nSPS) is 18.1. The molecular formula is C14H17N3O3. The predicted octanol–water partition coefficient (Wildman–Crippen LogP) is 0.479. The monoisotopic (exact) mass is 275 g/mol. The van der Waals surface area contributed by atoms with E-state index in [1.807, 2.05) is 12.1 Å². The average Bonchev–Trinajstić information content (AvgIpc) is 2.73. The van der Waals surface area contributed by atoms with E-state index >= 15 is 0 Å². The first-order chi connectivity index (χ1) is 9.45. The molecule has 0 bridgehead atoms. The van der Waals surface area contributed by atoms with Crippen molar-refractivity contribution < 1.29 is 14.4 Å². The van der Waals surface area contributed by atoms with Crippen molar-refractivity contribution in [2.24, 2.45) is 11.7 Å². The molecule has 106 valence electrons. The highest BCUT2D eigenvalue weighted by atomic mass is 16.2. The molecule has 0 saturated carbocycles. The second-order valence-electron chi connectivity index (χ2n) is 4.96. The SMILES string of the molecule is CC(=O)Nc1ccc(CN2CC(C(N)=O)CC2=O)cc1. The minimum Gasteiger partial charge on any atom is -0.369 e. The van der Waals surface area contributed by atoms with E-state index in [-0.39, 0.29) is 24.2 Å². The van der Waals surface area contributed by atoms with E-state index in [4.69, 9.17) is 5.73 Å². The summed E-state index contributed by atoms with van der Waals surface area (Å²) in [6, 6.07) is 7.25. The van der Waals surface area contributed by atoms with Gasteiger partial charge in [0.15, 0.2) is 0 Å². The second-order valence-corrected chi connectivity index (χ2v) is 4.96. The van der Waals surface area contributed by atoms with Gasteiger partial charge in [0.1, 0.15) is 0 Å². The van der Waals surface area contributed by atoms with Crippen LogP contribution in [0.2, 0.25) is 0 Å². The van der Waals surface area contributed by atoms with E-state index in [0.717, 1.165) is 5.56 Å². The van der Waals surface area contributed by atoms with Crippen molar-refractivity contribution in [2.75, 3.05) is 11.9 Å². The highest BCUT2D eigenvalue weighted by molar-refractivity contribution is 5.89. The number of anilines is 1. The molecule has 6 nitrogen and oxygen atoms in total. The number of carbonyl (C=O) groups excluding carboxylic acids is 3. The van der Waals surface area contributed by atoms with Crippen LogP contribution in [0.25, 0.3) is 0 Å². The summed E-state index contributed by atoms with van der Waals surface area (Å²) in [5.74, 6) is -1.00. The van der Waals surface area contributed by atoms with Gasteiger partial charge in [-0.3, -0.25) is 14.4 Å². The Morgan fingerprint density at radius 3 is 2.50 bits per heavy atom. The van der Waals surface area contributed by atoms with Crippen LogP contribution >= 0.6 is 0 Å². The number of hydrogen-bond donors (Lipinski definition) is 2. The third-order valence-electron chi connectivity index (χ3n) is 3.26. The Hall–Kier alpha value is -2.37. The number of hydrogen-bond acceptors (Lipinski definition) is 3. The molecular weight excluding hydrogens is 258 g/mol. The maximum Gasteiger partial charge on any atom is 0.223 e. The van der Waals surface area contributed by atoms with Crippen LogP contribution in [0, 0.1) is 5.92 Å². The molecule has 1 aliphatic heterocycles. The lowest BCUT2D eigenvalue weighted by Gasteiger charge is -2.16. The molecule has 6 heteroatoms. The van der Waals surface area contributed by atoms with Gasteiger partial charge in [-0.05, 0) is 17.7 Å². The molecule has 1 saturated heterocycles. The summed E-state index contributed by atoms with van der Waals surface area (Å²) in [6.45, 7) is 2.27. The third kappa shape index (κ3) is 3.34. The molecule has 1 unspecified atom stereocenters. The molecule has 20 heavy (non-hydrogen) atoms. The fourth-order valence-electron chi connectivity index (χ4n) is 2.23. The van der Waals surface area contributed by atoms with E-state index in [1.54, 1.807) is 17.0 Å². The summed E-state index contributed by atoms with van der Waals surface area (Å²) >= 11 is 0. The van der Waals surface area contributed by atoms with Gasteiger partial charge in [0, 0.05) is 32.1 Å². The number of nitrogens with zero attached hydrogens (tertiary/aromatic N) is 1. The number of primary amides is 1. The van der Waals surface area contributed by atoms with Crippen LogP contribution in [-0.2, 0) is 20.9 Å². The van der Waals surface area contributed by atoms with Gasteiger partial charge in [0.2, 0.25) is 17.7 Å². The van der Waals surface area contributed by atoms with Crippen LogP contribution in [0.4, 0.5) is 5.69 Å². The summed E-state index contributed by atoms with van der Waals surface area (Å²) in [5.41, 5.74) is 6.88. The number of likely N-dealkylation sites (tertiary alicyclic amines) is 1. The molecule has 1 aromatic rings. The molecule has 0 aliphatic carbocycles. The largest absolute Gasteiger partial charge is 0.369 e. The zero-order valence-corrected chi connectivity index (χ0v) is 11.3. The minimum atomic E-state index is -0.429. The lowest BCUT2D eigenvalue weighted by molar-refractivity contribution is -0.128. The van der Waals surface area contributed by atoms with E-state index in [1.165, 1.54) is 6.92 Å². The summed E-state index contributed by atoms with van der Waals surface area (Å²) in [5, 5.41) is 2.68. The van der Waals surface area contributed by atoms with Crippen molar-refractivity contribution in [3.05, 3.63) is 29.8 Å². The molecule has 1 aromatic carbocycles. The van der Waals surface area contributed by atoms with Crippen LogP contribution in [0.3, 0.4) is 0 Å². The van der Waals surface area contributed by atoms with E-state index < -0.39 is 5.91 Å². The van der Waals surface area contributed by atoms with Gasteiger partial charge in [-0.25, -0.2) is 0 Å². The summed E-state index contributed by atoms with van der Waals surface area (Å²) in [4.78, 5) is 35.4. The first-order valence-electron chi connectivity index (χ1n) is 6.39. The van der Waals surface area contributed by atoms with Crippen LogP contribution in [-0.4, -0.2) is 29.2 Å². The van der Waals surface area contributed by atoms with Crippen molar-refractivity contribution in [3.63, 3.8) is 0 Å². The van der Waals surface area contributed by atoms with E-state index in [2.05, 4.69) is 5.32 Å². The molecule has 1 atom stereocenters. The van der Waals surface area contributed by atoms with Crippen molar-refractivity contribution in [3.8, 4) is 0 Å². The van der Waals surface area contributed by atoms with Gasteiger partial charge in [-0.15, -0.1) is 0 Å². The van der Waals surface area contributed by atoms with E-state index in [9.17, 15) is 14.4 Å². The number of amides is 3. The highest BCUT2D eigenvalue weighted by Gasteiger charge is 2.32. The molecule has 3 N–H and O–H groups in total. The smallest absolute Gasteiger partial charge is 0.223 e. The van der Waals surface area contributed by atoms with Crippen LogP contribution in [0.1, 0.15) is 18.9 Å². The van der Waals surface area contributed by atoms with Crippen molar-refractivity contribution in [2.45, 2.75) is 19.9 Å². The Bertz CT molecular complexity index is 539. The zero-order valence-electron chi connectivity index (χ0n) is 11.3. The molecule has 0 spiro atoms. The Morgan fingerprint density at radius 1 is 1.35 bits per heavy atom. The number of rotatable bonds is 4. The number of benzene rings is 1. The maximum atomic E-state index is 11.8. The van der Waals surface area contributed by atoms with Crippen molar-refractivity contribution in [1.29, 1.82) is 0 Å². The predicted molar refractivity (Wildman–Crippen MR) is 73.5 cm³/mol. The standard InChI is InChI=1S/C14H17N3O3/c1-9(18)16-12-4-2-10(3-5-12)7-17-8-11(14(15)20)6-13(17)19/h2-5,11H,6-8H2,1H3,(H2,15,20)(H,16,18). The van der Waals surface area contributed by atoms with Crippen LogP contribution in [0.15, 0.2) is 24.3 Å². The first-order valence-corrected chi connectivity index (χ1v) is 6.39. The Morgan fingerprint density at radius 2 is 2.00 bits per heavy atom. The van der Waals surface area contributed by atoms with Gasteiger partial charge >= 0.3 is 0 Å². The topological polar surface area (TPSA) is 92.5 Å². The van der Waals surface area contributed by atoms with Crippen molar-refractivity contribution >= 4 is 23.4 Å². The summed E-state index contributed by atoms with van der Waals surface area (Å²) < 4.78 is 0. The van der Waals surface area contributed by atoms with Gasteiger partial charge in [-0.1, -0.05) is 12.1 Å². The lowest BCUT2D eigenvalue weighted by Crippen LogP contribution is -2.28. The lowest BCUT2D eigenvalue weighted by atomic mass is 10.1. The highest BCUT2D eigenvalue weighted by Crippen LogP contribution is 2.20. The quantitative estimate of drug-likeness (QED) is 0.837. The number of nitrogens with two attached hydrogens (primary N) is 1. The fraction of sp³-hybridized carbons (Fsp3) is 0.357. The van der Waals surface area contributed by atoms with Crippen molar-refractivity contribution in [1.82, 2.24) is 4.90 Å². The Balaban J connectivity index is 1.98. The first kappa shape index (κ1) is 14.0. The molecule has 0 aromatic heterocycles. The second kappa shape index (κ2) is 5.73. The Labute approximate surface area is 116 Å². The van der Waals surface area contributed by atoms with Gasteiger partial charge < -0.3 is 16.0 Å². The Kier molecular flexibility index (Phi) is 4.02. The van der Waals surface area contributed by atoms with Gasteiger partial charge in [-0.2, -0.15) is 0 Å². The van der Waals surface area contributed by atoms with Crippen LogP contribution in [0.5, 0.6) is 0 Å². The minimum absolute atomic E-state index is 0.0558. The molecule has 3 amide bonds. The maximum absolute atomic E-state index is 11.8. The molecule has 1 fully saturated rings. The van der Waals surface area contributed by atoms with Crippen LogP contribution < -0.4 is 11.1 Å². The zero-order chi connectivity index (χ0) is 14.7. The number of carbonyl (C=O) groups is 3. The fourth-order valence-corrected chi connectivity index (χ4v) is 2.23. The van der Waals surface area contributed by atoms with Gasteiger partial charge in [0.25, 0.3) is 0 Å². The molecule has 1 aliphatic rings. The molecule has 1 heterocycles. The molecule has 0 radical (unpaired) electrons.